The van der Waals surface area contributed by atoms with Gasteiger partial charge in [0.05, 0.1) is 13.7 Å². The van der Waals surface area contributed by atoms with Gasteiger partial charge in [-0.25, -0.2) is 0 Å². The maximum absolute atomic E-state index is 11.2. The molecule has 2 N–H and O–H groups in total. The summed E-state index contributed by atoms with van der Waals surface area (Å²) < 4.78 is 9.53. The van der Waals surface area contributed by atoms with Crippen molar-refractivity contribution in [1.29, 1.82) is 0 Å². The molecule has 1 aromatic heterocycles. The summed E-state index contributed by atoms with van der Waals surface area (Å²) in [5.74, 6) is 0.733. The van der Waals surface area contributed by atoms with Crippen molar-refractivity contribution in [3.8, 4) is 17.0 Å². The Hall–Kier alpha value is -2.08. The standard InChI is InChI=1S/C10H11N3O3/c1-15-8-4-2-7(3-5-8)10-9(6-11)13(14)16-12-10/h2-5H,6,11H2,1H3. The van der Waals surface area contributed by atoms with E-state index in [4.69, 9.17) is 10.5 Å². The van der Waals surface area contributed by atoms with Gasteiger partial charge in [-0.1, -0.05) is 0 Å². The lowest BCUT2D eigenvalue weighted by atomic mass is 10.1. The highest BCUT2D eigenvalue weighted by atomic mass is 16.8. The molecule has 0 fully saturated rings. The molecule has 0 saturated carbocycles. The number of hydrogen-bond acceptors (Lipinski definition) is 5. The summed E-state index contributed by atoms with van der Waals surface area (Å²) in [4.78, 5) is 0.319. The molecule has 1 heterocycles. The van der Waals surface area contributed by atoms with E-state index in [0.717, 1.165) is 11.3 Å². The molecule has 0 radical (unpaired) electrons. The first-order valence-corrected chi connectivity index (χ1v) is 4.69. The predicted molar refractivity (Wildman–Crippen MR) is 55.3 cm³/mol. The lowest BCUT2D eigenvalue weighted by molar-refractivity contribution is -0.807. The first-order valence-electron chi connectivity index (χ1n) is 4.69. The van der Waals surface area contributed by atoms with E-state index in [1.807, 2.05) is 0 Å². The smallest absolute Gasteiger partial charge is 0.252 e. The van der Waals surface area contributed by atoms with Gasteiger partial charge in [0.15, 0.2) is 0 Å². The number of ether oxygens (including phenoxy) is 1. The first-order chi connectivity index (χ1) is 7.76. The number of hydrogen-bond donors (Lipinski definition) is 1. The second kappa shape index (κ2) is 4.19. The van der Waals surface area contributed by atoms with Crippen LogP contribution in [0.2, 0.25) is 0 Å². The van der Waals surface area contributed by atoms with E-state index < -0.39 is 0 Å². The number of nitrogens with two attached hydrogens (primary N) is 1. The molecule has 6 heteroatoms. The molecule has 0 spiro atoms. The lowest BCUT2D eigenvalue weighted by Crippen LogP contribution is -2.29. The third-order valence-corrected chi connectivity index (χ3v) is 2.26. The van der Waals surface area contributed by atoms with Gasteiger partial charge in [0.2, 0.25) is 5.69 Å². The Balaban J connectivity index is 2.42. The van der Waals surface area contributed by atoms with Crippen LogP contribution in [0, 0.1) is 5.21 Å². The Labute approximate surface area is 91.8 Å². The Bertz CT molecular complexity index is 479. The fourth-order valence-electron chi connectivity index (χ4n) is 1.41. The summed E-state index contributed by atoms with van der Waals surface area (Å²) in [5, 5.41) is 14.8. The molecule has 0 atom stereocenters. The van der Waals surface area contributed by atoms with E-state index in [2.05, 4.69) is 9.79 Å². The van der Waals surface area contributed by atoms with Crippen LogP contribution in [0.25, 0.3) is 11.3 Å². The summed E-state index contributed by atoms with van der Waals surface area (Å²) in [6.45, 7) is 0.0777. The minimum Gasteiger partial charge on any atom is -0.497 e. The fourth-order valence-corrected chi connectivity index (χ4v) is 1.41. The van der Waals surface area contributed by atoms with Crippen molar-refractivity contribution in [2.24, 2.45) is 5.73 Å². The van der Waals surface area contributed by atoms with Gasteiger partial charge in [0.1, 0.15) is 5.75 Å². The van der Waals surface area contributed by atoms with E-state index in [1.165, 1.54) is 0 Å². The highest BCUT2D eigenvalue weighted by Gasteiger charge is 2.19. The SMILES string of the molecule is COc1ccc(-c2no[n+]([O-])c2CN)cc1. The van der Waals surface area contributed by atoms with Crippen LogP contribution in [0.1, 0.15) is 5.69 Å². The molecule has 6 nitrogen and oxygen atoms in total. The van der Waals surface area contributed by atoms with Gasteiger partial charge in [-0.05, 0) is 29.2 Å². The molecule has 0 aliphatic heterocycles. The van der Waals surface area contributed by atoms with Crippen LogP contribution in [0.15, 0.2) is 28.9 Å². The minimum absolute atomic E-state index is 0.0777. The Kier molecular flexibility index (Phi) is 2.74. The monoisotopic (exact) mass is 221 g/mol. The molecule has 0 aliphatic rings. The number of nitrogens with zero attached hydrogens (tertiary/aromatic N) is 2. The van der Waals surface area contributed by atoms with Crippen molar-refractivity contribution >= 4 is 0 Å². The molecule has 0 aliphatic carbocycles. The van der Waals surface area contributed by atoms with Gasteiger partial charge < -0.3 is 15.7 Å². The van der Waals surface area contributed by atoms with E-state index in [-0.39, 0.29) is 6.54 Å². The van der Waals surface area contributed by atoms with Crippen LogP contribution < -0.4 is 15.4 Å². The highest BCUT2D eigenvalue weighted by Crippen LogP contribution is 2.22. The normalized spacial score (nSPS) is 10.4. The number of benzene rings is 1. The maximum atomic E-state index is 11.2. The van der Waals surface area contributed by atoms with Crippen molar-refractivity contribution in [3.63, 3.8) is 0 Å². The lowest BCUT2D eigenvalue weighted by Gasteiger charge is -1.99. The van der Waals surface area contributed by atoms with E-state index in [0.29, 0.717) is 16.3 Å². The quantitative estimate of drug-likeness (QED) is 0.760. The number of rotatable bonds is 3. The summed E-state index contributed by atoms with van der Waals surface area (Å²) >= 11 is 0. The third kappa shape index (κ3) is 1.70. The molecular weight excluding hydrogens is 210 g/mol. The van der Waals surface area contributed by atoms with Crippen LogP contribution in [-0.2, 0) is 6.54 Å². The third-order valence-electron chi connectivity index (χ3n) is 2.26. The zero-order chi connectivity index (χ0) is 11.5. The van der Waals surface area contributed by atoms with Crippen molar-refractivity contribution < 1.29 is 14.3 Å². The minimum atomic E-state index is 0.0777. The highest BCUT2D eigenvalue weighted by molar-refractivity contribution is 5.60. The van der Waals surface area contributed by atoms with Crippen molar-refractivity contribution in [3.05, 3.63) is 35.2 Å². The summed E-state index contributed by atoms with van der Waals surface area (Å²) in [6, 6.07) is 7.13. The van der Waals surface area contributed by atoms with E-state index >= 15 is 0 Å². The van der Waals surface area contributed by atoms with Gasteiger partial charge in [-0.3, -0.25) is 4.63 Å². The molecule has 2 aromatic rings. The average Bonchev–Trinajstić information content (AvgIpc) is 2.70. The second-order valence-corrected chi connectivity index (χ2v) is 3.16. The zero-order valence-corrected chi connectivity index (χ0v) is 8.71. The van der Waals surface area contributed by atoms with Crippen molar-refractivity contribution in [2.45, 2.75) is 6.54 Å². The molecule has 0 saturated heterocycles. The van der Waals surface area contributed by atoms with E-state index in [1.54, 1.807) is 31.4 Å². The Morgan fingerprint density at radius 3 is 2.69 bits per heavy atom. The zero-order valence-electron chi connectivity index (χ0n) is 8.71. The molecule has 0 bridgehead atoms. The van der Waals surface area contributed by atoms with Gasteiger partial charge in [-0.2, -0.15) is 0 Å². The molecule has 16 heavy (non-hydrogen) atoms. The van der Waals surface area contributed by atoms with Crippen LogP contribution in [0.3, 0.4) is 0 Å². The number of methoxy groups -OCH3 is 1. The van der Waals surface area contributed by atoms with Crippen LogP contribution in [-0.4, -0.2) is 12.3 Å². The molecular formula is C10H11N3O3. The molecule has 84 valence electrons. The topological polar surface area (TPSA) is 88.2 Å². The van der Waals surface area contributed by atoms with Gasteiger partial charge in [0.25, 0.3) is 5.69 Å². The van der Waals surface area contributed by atoms with E-state index in [9.17, 15) is 5.21 Å². The Morgan fingerprint density at radius 1 is 1.44 bits per heavy atom. The van der Waals surface area contributed by atoms with Crippen LogP contribution >= 0.6 is 0 Å². The fraction of sp³-hybridized carbons (Fsp3) is 0.200. The van der Waals surface area contributed by atoms with Crippen molar-refractivity contribution in [1.82, 2.24) is 5.16 Å². The Morgan fingerprint density at radius 2 is 2.12 bits per heavy atom. The largest absolute Gasteiger partial charge is 0.497 e. The van der Waals surface area contributed by atoms with Crippen LogP contribution in [0.5, 0.6) is 5.75 Å². The van der Waals surface area contributed by atoms with Gasteiger partial charge >= 0.3 is 0 Å². The van der Waals surface area contributed by atoms with Gasteiger partial charge in [0, 0.05) is 10.7 Å². The summed E-state index contributed by atoms with van der Waals surface area (Å²) in [7, 11) is 1.59. The summed E-state index contributed by atoms with van der Waals surface area (Å²) in [5.41, 5.74) is 6.98. The molecule has 2 rings (SSSR count). The summed E-state index contributed by atoms with van der Waals surface area (Å²) in [6.07, 6.45) is 0. The van der Waals surface area contributed by atoms with Crippen molar-refractivity contribution in [2.75, 3.05) is 7.11 Å². The first kappa shape index (κ1) is 10.4. The predicted octanol–water partition coefficient (Wildman–Crippen LogP) is 0.442. The second-order valence-electron chi connectivity index (χ2n) is 3.16. The maximum Gasteiger partial charge on any atom is 0.252 e. The molecule has 1 aromatic carbocycles. The molecule has 0 amide bonds. The van der Waals surface area contributed by atoms with Crippen LogP contribution in [0.4, 0.5) is 0 Å². The van der Waals surface area contributed by atoms with Gasteiger partial charge in [-0.15, -0.1) is 0 Å². The average molecular weight is 221 g/mol. The number of aromatic nitrogens is 2. The molecule has 0 unspecified atom stereocenters.